The molecule has 1 aromatic carbocycles. The summed E-state index contributed by atoms with van der Waals surface area (Å²) < 4.78 is 43.4. The van der Waals surface area contributed by atoms with Gasteiger partial charge in [-0.3, -0.25) is 9.59 Å². The highest BCUT2D eigenvalue weighted by atomic mass is 19.3. The molecule has 0 spiro atoms. The Morgan fingerprint density at radius 3 is 2.71 bits per heavy atom. The highest BCUT2D eigenvalue weighted by Crippen LogP contribution is 2.44. The number of ketones is 1. The molecule has 4 nitrogen and oxygen atoms in total. The van der Waals surface area contributed by atoms with Gasteiger partial charge in [0.05, 0.1) is 5.56 Å². The first-order chi connectivity index (χ1) is 9.90. The molecular weight excluding hydrogens is 287 g/mol. The molecule has 1 amide bonds. The maximum Gasteiger partial charge on any atom is 0.387 e. The van der Waals surface area contributed by atoms with Gasteiger partial charge in [-0.25, -0.2) is 4.39 Å². The number of halogens is 3. The largest absolute Gasteiger partial charge is 0.434 e. The van der Waals surface area contributed by atoms with Crippen molar-refractivity contribution in [1.82, 2.24) is 4.90 Å². The van der Waals surface area contributed by atoms with Crippen molar-refractivity contribution >= 4 is 11.7 Å². The number of benzene rings is 1. The van der Waals surface area contributed by atoms with E-state index in [-0.39, 0.29) is 35.1 Å². The third-order valence-electron chi connectivity index (χ3n) is 4.13. The molecule has 112 valence electrons. The Hall–Kier alpha value is -2.05. The number of fused-ring (bicyclic) bond motifs is 4. The van der Waals surface area contributed by atoms with Crippen LogP contribution in [0.15, 0.2) is 12.1 Å². The van der Waals surface area contributed by atoms with Crippen LogP contribution in [0.3, 0.4) is 0 Å². The van der Waals surface area contributed by atoms with E-state index in [1.807, 2.05) is 0 Å². The fourth-order valence-electron chi connectivity index (χ4n) is 3.11. The van der Waals surface area contributed by atoms with Crippen molar-refractivity contribution in [1.29, 1.82) is 0 Å². The molecule has 0 radical (unpaired) electrons. The summed E-state index contributed by atoms with van der Waals surface area (Å²) in [5, 5.41) is 0. The van der Waals surface area contributed by atoms with Crippen LogP contribution in [0.25, 0.3) is 0 Å². The fraction of sp³-hybridized carbons (Fsp3) is 0.429. The maximum atomic E-state index is 14.0. The molecule has 0 aromatic heterocycles. The first-order valence-electron chi connectivity index (χ1n) is 6.47. The quantitative estimate of drug-likeness (QED) is 0.842. The van der Waals surface area contributed by atoms with E-state index in [1.54, 1.807) is 0 Å². The van der Waals surface area contributed by atoms with Crippen LogP contribution < -0.4 is 4.74 Å². The number of nitrogens with zero attached hydrogens (tertiary/aromatic N) is 1. The summed E-state index contributed by atoms with van der Waals surface area (Å²) in [6.07, 6.45) is 0.452. The normalized spacial score (nSPS) is 24.3. The molecule has 1 aliphatic heterocycles. The number of amides is 1. The van der Waals surface area contributed by atoms with Gasteiger partial charge in [-0.2, -0.15) is 8.78 Å². The Morgan fingerprint density at radius 1 is 1.33 bits per heavy atom. The first-order valence-corrected chi connectivity index (χ1v) is 6.47. The predicted octanol–water partition coefficient (Wildman–Crippen LogP) is 2.33. The minimum absolute atomic E-state index is 0.0443. The van der Waals surface area contributed by atoms with Gasteiger partial charge in [0.25, 0.3) is 5.91 Å². The molecule has 1 heterocycles. The van der Waals surface area contributed by atoms with Gasteiger partial charge in [-0.15, -0.1) is 0 Å². The number of carbonyl (C=O) groups is 2. The number of rotatable bonds is 2. The summed E-state index contributed by atoms with van der Waals surface area (Å²) in [5.74, 6) is -2.70. The van der Waals surface area contributed by atoms with E-state index in [4.69, 9.17) is 0 Å². The molecule has 0 N–H and O–H groups in total. The highest BCUT2D eigenvalue weighted by molar-refractivity contribution is 6.02. The van der Waals surface area contributed by atoms with E-state index in [0.29, 0.717) is 6.42 Å². The van der Waals surface area contributed by atoms with Crippen LogP contribution in [0, 0.1) is 5.82 Å². The molecule has 1 fully saturated rings. The lowest BCUT2D eigenvalue weighted by Gasteiger charge is -2.24. The van der Waals surface area contributed by atoms with Crippen LogP contribution in [0.1, 0.15) is 34.7 Å². The van der Waals surface area contributed by atoms with Gasteiger partial charge in [0.1, 0.15) is 17.3 Å². The number of ether oxygens (including phenoxy) is 1. The van der Waals surface area contributed by atoms with Gasteiger partial charge >= 0.3 is 6.61 Å². The average molecular weight is 299 g/mol. The smallest absolute Gasteiger partial charge is 0.387 e. The van der Waals surface area contributed by atoms with Crippen molar-refractivity contribution in [2.24, 2.45) is 0 Å². The SMILES string of the molecule is CN1C(=O)c2c(F)ccc(OC(F)F)c2C2CC1CC2=O. The molecular formula is C14H12F3NO3. The molecule has 1 aliphatic carbocycles. The lowest BCUT2D eigenvalue weighted by atomic mass is 9.91. The molecule has 0 saturated heterocycles. The minimum Gasteiger partial charge on any atom is -0.434 e. The third kappa shape index (κ3) is 2.07. The van der Waals surface area contributed by atoms with Crippen molar-refractivity contribution in [3.05, 3.63) is 29.1 Å². The van der Waals surface area contributed by atoms with E-state index < -0.39 is 24.3 Å². The Balaban J connectivity index is 2.24. The minimum atomic E-state index is -3.11. The van der Waals surface area contributed by atoms with Crippen LogP contribution >= 0.6 is 0 Å². The number of hydrogen-bond acceptors (Lipinski definition) is 3. The summed E-state index contributed by atoms with van der Waals surface area (Å²) in [6.45, 7) is -3.11. The van der Waals surface area contributed by atoms with Crippen LogP contribution in [0.5, 0.6) is 5.75 Å². The van der Waals surface area contributed by atoms with Gasteiger partial charge in [0, 0.05) is 31.0 Å². The standard InChI is InChI=1S/C14H12F3NO3/c1-18-6-4-7(9(19)5-6)11-10(21-14(16)17)3-2-8(15)12(11)13(18)20/h2-3,6-7,14H,4-5H2,1H3. The summed E-state index contributed by atoms with van der Waals surface area (Å²) in [4.78, 5) is 25.7. The Labute approximate surface area is 118 Å². The lowest BCUT2D eigenvalue weighted by Crippen LogP contribution is -2.36. The molecule has 1 aromatic rings. The van der Waals surface area contributed by atoms with Crippen molar-refractivity contribution in [3.63, 3.8) is 0 Å². The summed E-state index contributed by atoms with van der Waals surface area (Å²) >= 11 is 0. The second-order valence-electron chi connectivity index (χ2n) is 5.24. The Bertz CT molecular complexity index is 632. The molecule has 7 heteroatoms. The molecule has 21 heavy (non-hydrogen) atoms. The topological polar surface area (TPSA) is 46.6 Å². The molecule has 2 unspecified atom stereocenters. The van der Waals surface area contributed by atoms with E-state index in [9.17, 15) is 22.8 Å². The van der Waals surface area contributed by atoms with E-state index in [1.165, 1.54) is 11.9 Å². The van der Waals surface area contributed by atoms with Crippen LogP contribution in [0.4, 0.5) is 13.2 Å². The van der Waals surface area contributed by atoms with Crippen molar-refractivity contribution < 1.29 is 27.5 Å². The average Bonchev–Trinajstić information content (AvgIpc) is 2.75. The molecule has 2 atom stereocenters. The second-order valence-corrected chi connectivity index (χ2v) is 5.24. The lowest BCUT2D eigenvalue weighted by molar-refractivity contribution is -0.119. The monoisotopic (exact) mass is 299 g/mol. The number of Topliss-reactive ketones (excluding diaryl/α,β-unsaturated/α-hetero) is 1. The molecule has 3 rings (SSSR count). The number of alkyl halides is 2. The van der Waals surface area contributed by atoms with Crippen LogP contribution in [-0.4, -0.2) is 36.3 Å². The first kappa shape index (κ1) is 13.9. The summed E-state index contributed by atoms with van der Waals surface area (Å²) in [7, 11) is 1.48. The predicted molar refractivity (Wildman–Crippen MR) is 65.9 cm³/mol. The van der Waals surface area contributed by atoms with Gasteiger partial charge < -0.3 is 9.64 Å². The summed E-state index contributed by atoms with van der Waals surface area (Å²) in [6, 6.07) is 1.62. The Kier molecular flexibility index (Phi) is 3.15. The van der Waals surface area contributed by atoms with Crippen molar-refractivity contribution in [2.45, 2.75) is 31.4 Å². The molecule has 2 bridgehead atoms. The molecule has 2 aliphatic rings. The number of hydrogen-bond donors (Lipinski definition) is 0. The maximum absolute atomic E-state index is 14.0. The Morgan fingerprint density at radius 2 is 2.05 bits per heavy atom. The van der Waals surface area contributed by atoms with E-state index in [2.05, 4.69) is 4.74 Å². The second kappa shape index (κ2) is 4.75. The van der Waals surface area contributed by atoms with Crippen LogP contribution in [0.2, 0.25) is 0 Å². The number of carbonyl (C=O) groups excluding carboxylic acids is 2. The van der Waals surface area contributed by atoms with Gasteiger partial charge in [0.15, 0.2) is 0 Å². The third-order valence-corrected chi connectivity index (χ3v) is 4.13. The van der Waals surface area contributed by atoms with E-state index >= 15 is 0 Å². The van der Waals surface area contributed by atoms with Crippen LogP contribution in [-0.2, 0) is 4.79 Å². The van der Waals surface area contributed by atoms with Crippen molar-refractivity contribution in [2.75, 3.05) is 7.05 Å². The van der Waals surface area contributed by atoms with Gasteiger partial charge in [-0.05, 0) is 18.6 Å². The van der Waals surface area contributed by atoms with Gasteiger partial charge in [0.2, 0.25) is 0 Å². The summed E-state index contributed by atoms with van der Waals surface area (Å²) in [5.41, 5.74) is -0.381. The fourth-order valence-corrected chi connectivity index (χ4v) is 3.11. The highest BCUT2D eigenvalue weighted by Gasteiger charge is 2.45. The molecule has 1 saturated carbocycles. The zero-order valence-corrected chi connectivity index (χ0v) is 11.1. The zero-order valence-electron chi connectivity index (χ0n) is 11.1. The van der Waals surface area contributed by atoms with Crippen molar-refractivity contribution in [3.8, 4) is 5.75 Å². The zero-order chi connectivity index (χ0) is 15.3. The van der Waals surface area contributed by atoms with Gasteiger partial charge in [-0.1, -0.05) is 0 Å². The van der Waals surface area contributed by atoms with E-state index in [0.717, 1.165) is 12.1 Å².